The number of benzene rings is 1. The van der Waals surface area contributed by atoms with Gasteiger partial charge in [-0.3, -0.25) is 0 Å². The highest BCUT2D eigenvalue weighted by Crippen LogP contribution is 2.27. The minimum Gasteiger partial charge on any atom is -0.493 e. The average Bonchev–Trinajstić information content (AvgIpc) is 2.49. The molecule has 5 heteroatoms. The van der Waals surface area contributed by atoms with Gasteiger partial charge in [0, 0.05) is 20.1 Å². The summed E-state index contributed by atoms with van der Waals surface area (Å²) >= 11 is 0. The Bertz CT molecular complexity index is 435. The molecule has 112 valence electrons. The molecule has 0 saturated carbocycles. The second-order valence-corrected chi connectivity index (χ2v) is 4.62. The summed E-state index contributed by atoms with van der Waals surface area (Å²) in [6.07, 6.45) is 2.09. The van der Waals surface area contributed by atoms with Crippen LogP contribution in [0.25, 0.3) is 0 Å². The van der Waals surface area contributed by atoms with Crippen LogP contribution in [0.3, 0.4) is 0 Å². The number of rotatable bonds is 7. The van der Waals surface area contributed by atoms with Crippen molar-refractivity contribution in [3.05, 3.63) is 23.8 Å². The number of amides is 2. The van der Waals surface area contributed by atoms with E-state index in [1.807, 2.05) is 18.2 Å². The minimum absolute atomic E-state index is 0.0618. The summed E-state index contributed by atoms with van der Waals surface area (Å²) in [5, 5.41) is 2.89. The standard InChI is InChI=1S/C15H24N2O3/c1-5-6-9-17(2)15(18)16-11-12-7-8-13(19-3)14(10-12)20-4/h7-8,10H,5-6,9,11H2,1-4H3,(H,16,18). The predicted molar refractivity (Wildman–Crippen MR) is 79.3 cm³/mol. The van der Waals surface area contributed by atoms with Crippen LogP contribution in [0, 0.1) is 0 Å². The lowest BCUT2D eigenvalue weighted by atomic mass is 10.2. The molecule has 0 atom stereocenters. The molecule has 0 fully saturated rings. The van der Waals surface area contributed by atoms with Gasteiger partial charge in [-0.25, -0.2) is 4.79 Å². The average molecular weight is 280 g/mol. The SMILES string of the molecule is CCCCN(C)C(=O)NCc1ccc(OC)c(OC)c1. The van der Waals surface area contributed by atoms with Gasteiger partial charge in [-0.05, 0) is 24.1 Å². The Morgan fingerprint density at radius 2 is 1.95 bits per heavy atom. The number of nitrogens with one attached hydrogen (secondary N) is 1. The molecule has 0 bridgehead atoms. The van der Waals surface area contributed by atoms with Crippen LogP contribution in [0.4, 0.5) is 4.79 Å². The summed E-state index contributed by atoms with van der Waals surface area (Å²) in [5.74, 6) is 1.35. The van der Waals surface area contributed by atoms with Crippen molar-refractivity contribution < 1.29 is 14.3 Å². The molecule has 1 aromatic rings. The lowest BCUT2D eigenvalue weighted by molar-refractivity contribution is 0.207. The number of urea groups is 1. The van der Waals surface area contributed by atoms with Gasteiger partial charge in [-0.15, -0.1) is 0 Å². The summed E-state index contributed by atoms with van der Waals surface area (Å²) in [6, 6.07) is 5.55. The fourth-order valence-corrected chi connectivity index (χ4v) is 1.80. The Kier molecular flexibility index (Phi) is 6.70. The third-order valence-electron chi connectivity index (χ3n) is 3.09. The van der Waals surface area contributed by atoms with Gasteiger partial charge >= 0.3 is 6.03 Å². The van der Waals surface area contributed by atoms with E-state index in [1.54, 1.807) is 26.2 Å². The molecule has 0 aliphatic rings. The van der Waals surface area contributed by atoms with Gasteiger partial charge in [-0.2, -0.15) is 0 Å². The fourth-order valence-electron chi connectivity index (χ4n) is 1.80. The van der Waals surface area contributed by atoms with Crippen molar-refractivity contribution in [1.29, 1.82) is 0 Å². The monoisotopic (exact) mass is 280 g/mol. The second-order valence-electron chi connectivity index (χ2n) is 4.62. The molecular weight excluding hydrogens is 256 g/mol. The molecule has 1 aromatic carbocycles. The predicted octanol–water partition coefficient (Wildman–Crippen LogP) is 2.65. The first-order valence-corrected chi connectivity index (χ1v) is 6.82. The van der Waals surface area contributed by atoms with Crippen molar-refractivity contribution >= 4 is 6.03 Å². The van der Waals surface area contributed by atoms with Crippen LogP contribution in [-0.4, -0.2) is 38.7 Å². The van der Waals surface area contributed by atoms with E-state index in [2.05, 4.69) is 12.2 Å². The van der Waals surface area contributed by atoms with E-state index in [0.717, 1.165) is 24.9 Å². The molecule has 0 aliphatic carbocycles. The molecule has 0 aliphatic heterocycles. The van der Waals surface area contributed by atoms with Gasteiger partial charge < -0.3 is 19.7 Å². The second kappa shape index (κ2) is 8.30. The van der Waals surface area contributed by atoms with Gasteiger partial charge in [0.15, 0.2) is 11.5 Å². The third-order valence-corrected chi connectivity index (χ3v) is 3.09. The van der Waals surface area contributed by atoms with Crippen molar-refractivity contribution in [2.75, 3.05) is 27.8 Å². The number of carbonyl (C=O) groups excluding carboxylic acids is 1. The van der Waals surface area contributed by atoms with E-state index in [9.17, 15) is 4.79 Å². The number of nitrogens with zero attached hydrogens (tertiary/aromatic N) is 1. The van der Waals surface area contributed by atoms with Crippen molar-refractivity contribution in [3.8, 4) is 11.5 Å². The Balaban J connectivity index is 2.55. The number of ether oxygens (including phenoxy) is 2. The number of carbonyl (C=O) groups is 1. The molecule has 0 aromatic heterocycles. The zero-order chi connectivity index (χ0) is 15.0. The highest BCUT2D eigenvalue weighted by molar-refractivity contribution is 5.73. The summed E-state index contributed by atoms with van der Waals surface area (Å²) in [7, 11) is 5.00. The third kappa shape index (κ3) is 4.64. The van der Waals surface area contributed by atoms with Crippen LogP contribution < -0.4 is 14.8 Å². The molecule has 0 radical (unpaired) electrons. The smallest absolute Gasteiger partial charge is 0.317 e. The van der Waals surface area contributed by atoms with Crippen molar-refractivity contribution in [3.63, 3.8) is 0 Å². The number of methoxy groups -OCH3 is 2. The van der Waals surface area contributed by atoms with E-state index in [-0.39, 0.29) is 6.03 Å². The van der Waals surface area contributed by atoms with Gasteiger partial charge in [0.1, 0.15) is 0 Å². The number of hydrogen-bond acceptors (Lipinski definition) is 3. The quantitative estimate of drug-likeness (QED) is 0.835. The highest BCUT2D eigenvalue weighted by atomic mass is 16.5. The highest BCUT2D eigenvalue weighted by Gasteiger charge is 2.08. The minimum atomic E-state index is -0.0618. The summed E-state index contributed by atoms with van der Waals surface area (Å²) in [5.41, 5.74) is 0.972. The van der Waals surface area contributed by atoms with E-state index >= 15 is 0 Å². The van der Waals surface area contributed by atoms with Crippen LogP contribution in [0.1, 0.15) is 25.3 Å². The van der Waals surface area contributed by atoms with Crippen LogP contribution in [-0.2, 0) is 6.54 Å². The maximum atomic E-state index is 11.9. The Morgan fingerprint density at radius 3 is 2.55 bits per heavy atom. The van der Waals surface area contributed by atoms with Crippen LogP contribution >= 0.6 is 0 Å². The summed E-state index contributed by atoms with van der Waals surface area (Å²) in [4.78, 5) is 13.6. The summed E-state index contributed by atoms with van der Waals surface area (Å²) < 4.78 is 10.4. The van der Waals surface area contributed by atoms with Gasteiger partial charge in [0.2, 0.25) is 0 Å². The Labute approximate surface area is 120 Å². The zero-order valence-corrected chi connectivity index (χ0v) is 12.7. The maximum Gasteiger partial charge on any atom is 0.317 e. The van der Waals surface area contributed by atoms with Crippen molar-refractivity contribution in [1.82, 2.24) is 10.2 Å². The Morgan fingerprint density at radius 1 is 1.25 bits per heavy atom. The molecule has 1 N–H and O–H groups in total. The molecule has 0 unspecified atom stereocenters. The van der Waals surface area contributed by atoms with Crippen molar-refractivity contribution in [2.24, 2.45) is 0 Å². The van der Waals surface area contributed by atoms with Gasteiger partial charge in [0.25, 0.3) is 0 Å². The molecule has 2 amide bonds. The maximum absolute atomic E-state index is 11.9. The molecule has 0 spiro atoms. The first-order valence-electron chi connectivity index (χ1n) is 6.82. The van der Waals surface area contributed by atoms with Crippen LogP contribution in [0.5, 0.6) is 11.5 Å². The topological polar surface area (TPSA) is 50.8 Å². The first-order chi connectivity index (χ1) is 9.62. The lowest BCUT2D eigenvalue weighted by Gasteiger charge is -2.17. The number of unbranched alkanes of at least 4 members (excludes halogenated alkanes) is 1. The Hall–Kier alpha value is -1.91. The van der Waals surface area contributed by atoms with E-state index in [4.69, 9.17) is 9.47 Å². The van der Waals surface area contributed by atoms with Crippen LogP contribution in [0.2, 0.25) is 0 Å². The normalized spacial score (nSPS) is 10.0. The van der Waals surface area contributed by atoms with E-state index in [1.165, 1.54) is 0 Å². The fraction of sp³-hybridized carbons (Fsp3) is 0.533. The lowest BCUT2D eigenvalue weighted by Crippen LogP contribution is -2.37. The van der Waals surface area contributed by atoms with Gasteiger partial charge in [-0.1, -0.05) is 19.4 Å². The van der Waals surface area contributed by atoms with Crippen molar-refractivity contribution in [2.45, 2.75) is 26.3 Å². The molecule has 1 rings (SSSR count). The van der Waals surface area contributed by atoms with E-state index < -0.39 is 0 Å². The van der Waals surface area contributed by atoms with E-state index in [0.29, 0.717) is 18.0 Å². The molecule has 5 nitrogen and oxygen atoms in total. The van der Waals surface area contributed by atoms with Crippen LogP contribution in [0.15, 0.2) is 18.2 Å². The molecule has 0 heterocycles. The summed E-state index contributed by atoms with van der Waals surface area (Å²) in [6.45, 7) is 3.35. The molecular formula is C15H24N2O3. The molecule has 20 heavy (non-hydrogen) atoms. The largest absolute Gasteiger partial charge is 0.493 e. The van der Waals surface area contributed by atoms with Gasteiger partial charge in [0.05, 0.1) is 14.2 Å². The first kappa shape index (κ1) is 16.1. The zero-order valence-electron chi connectivity index (χ0n) is 12.7. The number of hydrogen-bond donors (Lipinski definition) is 1. The molecule has 0 saturated heterocycles.